The standard InChI is InChI=1S/C42H81NO6/c1-3-5-7-9-11-13-15-17-18-19-21-23-25-27-29-31-36-43(35-30-28-26-24-22-20-16-14-12-10-8-6-4-2)40(44)39-48-37-38-49-42(47)34-32-33-41(45)46/h3-39H2,1-2H3,(H,45,46). The predicted octanol–water partition coefficient (Wildman–Crippen LogP) is 12.0. The number of aliphatic carboxylic acids is 1. The smallest absolute Gasteiger partial charge is 0.305 e. The van der Waals surface area contributed by atoms with Gasteiger partial charge in [0.15, 0.2) is 0 Å². The quantitative estimate of drug-likeness (QED) is 0.0506. The van der Waals surface area contributed by atoms with Crippen molar-refractivity contribution < 1.29 is 29.0 Å². The van der Waals surface area contributed by atoms with Gasteiger partial charge >= 0.3 is 11.9 Å². The lowest BCUT2D eigenvalue weighted by Crippen LogP contribution is -2.36. The van der Waals surface area contributed by atoms with E-state index >= 15 is 0 Å². The number of esters is 1. The van der Waals surface area contributed by atoms with E-state index in [9.17, 15) is 14.4 Å². The van der Waals surface area contributed by atoms with Crippen LogP contribution in [-0.2, 0) is 23.9 Å². The van der Waals surface area contributed by atoms with Crippen LogP contribution in [0.5, 0.6) is 0 Å². The van der Waals surface area contributed by atoms with Crippen LogP contribution in [-0.4, -0.2) is 60.8 Å². The van der Waals surface area contributed by atoms with E-state index in [1.165, 1.54) is 173 Å². The van der Waals surface area contributed by atoms with E-state index in [4.69, 9.17) is 14.6 Å². The summed E-state index contributed by atoms with van der Waals surface area (Å²) in [5.74, 6) is -1.33. The minimum atomic E-state index is -0.919. The van der Waals surface area contributed by atoms with Crippen LogP contribution in [0, 0.1) is 0 Å². The highest BCUT2D eigenvalue weighted by Gasteiger charge is 2.13. The van der Waals surface area contributed by atoms with E-state index in [2.05, 4.69) is 13.8 Å². The van der Waals surface area contributed by atoms with Gasteiger partial charge in [0.25, 0.3) is 0 Å². The minimum Gasteiger partial charge on any atom is -0.481 e. The molecular formula is C42H81NO6. The first kappa shape index (κ1) is 47.4. The topological polar surface area (TPSA) is 93.1 Å². The second-order valence-corrected chi connectivity index (χ2v) is 14.4. The van der Waals surface area contributed by atoms with Crippen molar-refractivity contribution in [2.45, 2.75) is 219 Å². The zero-order chi connectivity index (χ0) is 35.9. The maximum absolute atomic E-state index is 13.0. The summed E-state index contributed by atoms with van der Waals surface area (Å²) in [4.78, 5) is 37.3. The van der Waals surface area contributed by atoms with Crippen LogP contribution >= 0.6 is 0 Å². The number of carbonyl (C=O) groups is 3. The largest absolute Gasteiger partial charge is 0.481 e. The lowest BCUT2D eigenvalue weighted by Gasteiger charge is -2.23. The Bertz CT molecular complexity index is 730. The molecule has 0 atom stereocenters. The summed E-state index contributed by atoms with van der Waals surface area (Å²) >= 11 is 0. The second-order valence-electron chi connectivity index (χ2n) is 14.4. The number of rotatable bonds is 40. The van der Waals surface area contributed by atoms with Crippen molar-refractivity contribution in [2.24, 2.45) is 0 Å². The van der Waals surface area contributed by atoms with E-state index in [0.717, 1.165) is 25.9 Å². The average Bonchev–Trinajstić information content (AvgIpc) is 3.08. The molecule has 1 amide bonds. The first-order chi connectivity index (χ1) is 24.0. The Morgan fingerprint density at radius 2 is 0.796 bits per heavy atom. The van der Waals surface area contributed by atoms with Crippen LogP contribution in [0.25, 0.3) is 0 Å². The number of unbranched alkanes of at least 4 members (excludes halogenated alkanes) is 27. The van der Waals surface area contributed by atoms with E-state index in [1.807, 2.05) is 4.90 Å². The number of ether oxygens (including phenoxy) is 2. The van der Waals surface area contributed by atoms with Gasteiger partial charge in [-0.05, 0) is 19.3 Å². The molecule has 0 rings (SSSR count). The molecule has 0 aromatic heterocycles. The average molecular weight is 696 g/mol. The van der Waals surface area contributed by atoms with Crippen molar-refractivity contribution in [2.75, 3.05) is 32.9 Å². The molecule has 0 bridgehead atoms. The third-order valence-corrected chi connectivity index (χ3v) is 9.65. The van der Waals surface area contributed by atoms with Crippen molar-refractivity contribution in [3.8, 4) is 0 Å². The molecule has 0 spiro atoms. The van der Waals surface area contributed by atoms with Crippen LogP contribution in [0.2, 0.25) is 0 Å². The normalized spacial score (nSPS) is 11.2. The minimum absolute atomic E-state index is 0.00780. The Hall–Kier alpha value is -1.63. The Morgan fingerprint density at radius 1 is 0.449 bits per heavy atom. The Labute approximate surface area is 303 Å². The van der Waals surface area contributed by atoms with Crippen LogP contribution in [0.15, 0.2) is 0 Å². The first-order valence-electron chi connectivity index (χ1n) is 21.2. The van der Waals surface area contributed by atoms with E-state index in [0.29, 0.717) is 0 Å². The van der Waals surface area contributed by atoms with Gasteiger partial charge in [-0.3, -0.25) is 14.4 Å². The highest BCUT2D eigenvalue weighted by Crippen LogP contribution is 2.15. The van der Waals surface area contributed by atoms with Crippen LogP contribution in [0.3, 0.4) is 0 Å². The lowest BCUT2D eigenvalue weighted by molar-refractivity contribution is -0.146. The number of amides is 1. The van der Waals surface area contributed by atoms with Crippen molar-refractivity contribution >= 4 is 17.8 Å². The molecule has 0 aromatic carbocycles. The fourth-order valence-corrected chi connectivity index (χ4v) is 6.45. The summed E-state index contributed by atoms with van der Waals surface area (Å²) in [6.45, 7) is 6.39. The van der Waals surface area contributed by atoms with E-state index in [1.54, 1.807) is 0 Å². The number of hydrogen-bond acceptors (Lipinski definition) is 5. The summed E-state index contributed by atoms with van der Waals surface area (Å²) in [6.07, 6.45) is 38.8. The number of carboxylic acids is 1. The predicted molar refractivity (Wildman–Crippen MR) is 205 cm³/mol. The summed E-state index contributed by atoms with van der Waals surface area (Å²) < 4.78 is 10.7. The summed E-state index contributed by atoms with van der Waals surface area (Å²) in [5.41, 5.74) is 0. The van der Waals surface area contributed by atoms with Gasteiger partial charge in [-0.2, -0.15) is 0 Å². The van der Waals surface area contributed by atoms with Crippen molar-refractivity contribution in [3.05, 3.63) is 0 Å². The highest BCUT2D eigenvalue weighted by atomic mass is 16.6. The number of carbonyl (C=O) groups excluding carboxylic acids is 2. The molecule has 0 radical (unpaired) electrons. The number of nitrogens with zero attached hydrogens (tertiary/aromatic N) is 1. The van der Waals surface area contributed by atoms with Crippen molar-refractivity contribution in [1.82, 2.24) is 4.90 Å². The molecule has 0 saturated carbocycles. The van der Waals surface area contributed by atoms with Crippen LogP contribution in [0.4, 0.5) is 0 Å². The van der Waals surface area contributed by atoms with Gasteiger partial charge in [-0.15, -0.1) is 0 Å². The van der Waals surface area contributed by atoms with Gasteiger partial charge in [0.2, 0.25) is 5.91 Å². The molecule has 0 aliphatic heterocycles. The molecule has 0 aliphatic carbocycles. The first-order valence-corrected chi connectivity index (χ1v) is 21.2. The zero-order valence-corrected chi connectivity index (χ0v) is 32.6. The monoisotopic (exact) mass is 696 g/mol. The molecule has 7 nitrogen and oxygen atoms in total. The summed E-state index contributed by atoms with van der Waals surface area (Å²) in [5, 5.41) is 8.68. The van der Waals surface area contributed by atoms with Gasteiger partial charge in [0, 0.05) is 25.9 Å². The Balaban J connectivity index is 4.13. The van der Waals surface area contributed by atoms with Gasteiger partial charge in [0.1, 0.15) is 13.2 Å². The second kappa shape index (κ2) is 39.2. The SMILES string of the molecule is CCCCCCCCCCCCCCCCCCN(CCCCCCCCCCCCCCC)C(=O)COCCOC(=O)CCCC(=O)O. The molecule has 1 N–H and O–H groups in total. The fourth-order valence-electron chi connectivity index (χ4n) is 6.45. The zero-order valence-electron chi connectivity index (χ0n) is 32.6. The maximum atomic E-state index is 13.0. The molecule has 7 heteroatoms. The summed E-state index contributed by atoms with van der Waals surface area (Å²) in [6, 6.07) is 0. The molecular weight excluding hydrogens is 614 g/mol. The van der Waals surface area contributed by atoms with E-state index in [-0.39, 0.29) is 45.0 Å². The molecule has 290 valence electrons. The molecule has 0 unspecified atom stereocenters. The Morgan fingerprint density at radius 3 is 1.14 bits per heavy atom. The Kier molecular flexibility index (Phi) is 37.9. The highest BCUT2D eigenvalue weighted by molar-refractivity contribution is 5.77. The molecule has 0 aliphatic rings. The maximum Gasteiger partial charge on any atom is 0.305 e. The van der Waals surface area contributed by atoms with Gasteiger partial charge in [-0.1, -0.05) is 187 Å². The van der Waals surface area contributed by atoms with Crippen LogP contribution < -0.4 is 0 Å². The van der Waals surface area contributed by atoms with E-state index < -0.39 is 11.9 Å². The van der Waals surface area contributed by atoms with Gasteiger partial charge in [0.05, 0.1) is 6.61 Å². The number of hydrogen-bond donors (Lipinski definition) is 1. The van der Waals surface area contributed by atoms with Gasteiger partial charge in [-0.25, -0.2) is 0 Å². The third-order valence-electron chi connectivity index (χ3n) is 9.65. The fraction of sp³-hybridized carbons (Fsp3) is 0.929. The molecule has 0 saturated heterocycles. The molecule has 0 heterocycles. The molecule has 0 aromatic rings. The third kappa shape index (κ3) is 37.5. The molecule has 49 heavy (non-hydrogen) atoms. The van der Waals surface area contributed by atoms with Gasteiger partial charge < -0.3 is 19.5 Å². The summed E-state index contributed by atoms with van der Waals surface area (Å²) in [7, 11) is 0. The van der Waals surface area contributed by atoms with Crippen LogP contribution in [0.1, 0.15) is 219 Å². The van der Waals surface area contributed by atoms with Crippen molar-refractivity contribution in [1.29, 1.82) is 0 Å². The van der Waals surface area contributed by atoms with Crippen molar-refractivity contribution in [3.63, 3.8) is 0 Å². The number of carboxylic acid groups (broad SMARTS) is 1. The molecule has 0 fully saturated rings. The lowest BCUT2D eigenvalue weighted by atomic mass is 10.0.